The van der Waals surface area contributed by atoms with Crippen molar-refractivity contribution >= 4 is 37.2 Å². The van der Waals surface area contributed by atoms with Crippen molar-refractivity contribution in [2.75, 3.05) is 31.2 Å². The maximum Gasteiger partial charge on any atom is 0.330 e. The molecule has 0 unspecified atom stereocenters. The molecule has 45 heavy (non-hydrogen) atoms. The summed E-state index contributed by atoms with van der Waals surface area (Å²) in [7, 11) is -3.51. The molecule has 1 aliphatic rings. The molecule has 1 aromatic rings. The van der Waals surface area contributed by atoms with E-state index in [0.29, 0.717) is 18.7 Å². The fourth-order valence-electron chi connectivity index (χ4n) is 4.91. The topological polar surface area (TPSA) is 165 Å². The molecule has 250 valence electrons. The Balaban J connectivity index is 2.31. The SMILES string of the molecule is C#CCCCCNC(=O)Nc1ccc(C[C@H]2O[C@H](CCP(=O)(OCC)OCC)[C@@H](OC(C)=O)[C@H](OC(C)=O)[C@@H]2OC(C)=O)cc1. The first-order valence-electron chi connectivity index (χ1n) is 15.0. The Bertz CT molecular complexity index is 1210. The molecule has 1 saturated heterocycles. The summed E-state index contributed by atoms with van der Waals surface area (Å²) in [5.74, 6) is 0.537. The van der Waals surface area contributed by atoms with Crippen LogP contribution in [0.2, 0.25) is 0 Å². The Morgan fingerprint density at radius 3 is 1.96 bits per heavy atom. The van der Waals surface area contributed by atoms with Crippen molar-refractivity contribution < 1.29 is 51.7 Å². The molecule has 0 bridgehead atoms. The van der Waals surface area contributed by atoms with E-state index >= 15 is 0 Å². The smallest absolute Gasteiger partial charge is 0.330 e. The van der Waals surface area contributed by atoms with Crippen molar-refractivity contribution in [1.29, 1.82) is 0 Å². The summed E-state index contributed by atoms with van der Waals surface area (Å²) in [5, 5.41) is 5.54. The van der Waals surface area contributed by atoms with Crippen molar-refractivity contribution in [2.24, 2.45) is 0 Å². The van der Waals surface area contributed by atoms with Crippen LogP contribution in [0.15, 0.2) is 24.3 Å². The summed E-state index contributed by atoms with van der Waals surface area (Å²) in [5.41, 5.74) is 1.30. The zero-order valence-corrected chi connectivity index (χ0v) is 27.5. The highest BCUT2D eigenvalue weighted by molar-refractivity contribution is 7.53. The molecule has 0 aromatic heterocycles. The van der Waals surface area contributed by atoms with Gasteiger partial charge in [-0.05, 0) is 50.8 Å². The first-order valence-corrected chi connectivity index (χ1v) is 16.8. The number of terminal acetylenes is 1. The number of urea groups is 1. The highest BCUT2D eigenvalue weighted by Crippen LogP contribution is 2.49. The number of unbranched alkanes of at least 4 members (excludes halogenated alkanes) is 2. The number of carbonyl (C=O) groups is 4. The molecule has 14 heteroatoms. The predicted molar refractivity (Wildman–Crippen MR) is 166 cm³/mol. The molecule has 1 aliphatic heterocycles. The van der Waals surface area contributed by atoms with Gasteiger partial charge < -0.3 is 38.6 Å². The van der Waals surface area contributed by atoms with E-state index in [1.54, 1.807) is 38.1 Å². The Morgan fingerprint density at radius 1 is 0.867 bits per heavy atom. The summed E-state index contributed by atoms with van der Waals surface area (Å²) in [6.07, 6.45) is 2.33. The van der Waals surface area contributed by atoms with Crippen molar-refractivity contribution in [1.82, 2.24) is 5.32 Å². The average molecular weight is 653 g/mol. The molecular weight excluding hydrogens is 607 g/mol. The number of nitrogens with one attached hydrogen (secondary N) is 2. The first kappa shape index (κ1) is 37.8. The molecule has 1 aromatic carbocycles. The van der Waals surface area contributed by atoms with Crippen LogP contribution in [0.4, 0.5) is 10.5 Å². The van der Waals surface area contributed by atoms with Gasteiger partial charge in [-0.25, -0.2) is 4.79 Å². The predicted octanol–water partition coefficient (Wildman–Crippen LogP) is 4.37. The second-order valence-corrected chi connectivity index (χ2v) is 12.5. The first-order chi connectivity index (χ1) is 21.4. The second-order valence-electron chi connectivity index (χ2n) is 10.3. The Hall–Kier alpha value is -3.43. The normalized spacial score (nSPS) is 21.2. The number of carbonyl (C=O) groups excluding carboxylic acids is 4. The fraction of sp³-hybridized carbons (Fsp3) is 0.613. The van der Waals surface area contributed by atoms with Gasteiger partial charge in [-0.2, -0.15) is 0 Å². The lowest BCUT2D eigenvalue weighted by molar-refractivity contribution is -0.246. The van der Waals surface area contributed by atoms with E-state index < -0.39 is 56.0 Å². The van der Waals surface area contributed by atoms with E-state index in [1.165, 1.54) is 20.8 Å². The van der Waals surface area contributed by atoms with E-state index in [-0.39, 0.29) is 38.2 Å². The van der Waals surface area contributed by atoms with Gasteiger partial charge in [-0.3, -0.25) is 18.9 Å². The number of esters is 3. The molecule has 0 aliphatic carbocycles. The van der Waals surface area contributed by atoms with Crippen LogP contribution in [0.1, 0.15) is 65.9 Å². The third-order valence-electron chi connectivity index (χ3n) is 6.66. The standard InChI is InChI=1S/C31H45N2O11P/c1-7-10-11-12-18-32-31(37)33-25-15-13-24(14-16-25)20-27-29(42-22(5)35)30(43-23(6)36)28(41-21(4)34)26(44-27)17-19-45(38,39-8-2)40-9-3/h1,13-16,26-30H,8-12,17-20H2,2-6H3,(H2,32,33,37)/t26-,27-,28-,29-,30+/m1/s1. The Labute approximate surface area is 264 Å². The Morgan fingerprint density at radius 2 is 1.42 bits per heavy atom. The molecule has 0 spiro atoms. The summed E-state index contributed by atoms with van der Waals surface area (Å²) < 4.78 is 47.2. The molecule has 5 atom stereocenters. The maximum atomic E-state index is 13.2. The fourth-order valence-corrected chi connectivity index (χ4v) is 6.60. The minimum atomic E-state index is -3.51. The molecule has 13 nitrogen and oxygen atoms in total. The lowest BCUT2D eigenvalue weighted by Crippen LogP contribution is -2.61. The van der Waals surface area contributed by atoms with Crippen LogP contribution in [0, 0.1) is 12.3 Å². The zero-order valence-electron chi connectivity index (χ0n) is 26.6. The van der Waals surface area contributed by atoms with E-state index in [0.717, 1.165) is 18.4 Å². The van der Waals surface area contributed by atoms with Gasteiger partial charge in [0.25, 0.3) is 0 Å². The molecule has 2 rings (SSSR count). The molecule has 1 fully saturated rings. The van der Waals surface area contributed by atoms with Gasteiger partial charge in [0.1, 0.15) is 6.10 Å². The largest absolute Gasteiger partial charge is 0.456 e. The maximum absolute atomic E-state index is 13.2. The molecule has 2 N–H and O–H groups in total. The lowest BCUT2D eigenvalue weighted by Gasteiger charge is -2.45. The molecular formula is C31H45N2O11P. The van der Waals surface area contributed by atoms with Crippen molar-refractivity contribution in [3.8, 4) is 12.3 Å². The van der Waals surface area contributed by atoms with Crippen LogP contribution in [-0.4, -0.2) is 80.4 Å². The van der Waals surface area contributed by atoms with Gasteiger partial charge in [0, 0.05) is 45.8 Å². The highest BCUT2D eigenvalue weighted by atomic mass is 31.2. The summed E-state index contributed by atoms with van der Waals surface area (Å²) in [4.78, 5) is 48.7. The summed E-state index contributed by atoms with van der Waals surface area (Å²) in [6, 6.07) is 6.60. The van der Waals surface area contributed by atoms with Crippen LogP contribution in [-0.2, 0) is 53.4 Å². The number of anilines is 1. The molecule has 1 heterocycles. The van der Waals surface area contributed by atoms with Crippen LogP contribution in [0.3, 0.4) is 0 Å². The van der Waals surface area contributed by atoms with E-state index in [1.807, 2.05) is 0 Å². The third kappa shape index (κ3) is 13.2. The quantitative estimate of drug-likeness (QED) is 0.0807. The van der Waals surface area contributed by atoms with E-state index in [4.69, 9.17) is 34.4 Å². The highest BCUT2D eigenvalue weighted by Gasteiger charge is 2.51. The van der Waals surface area contributed by atoms with Gasteiger partial charge in [0.15, 0.2) is 18.3 Å². The molecule has 2 amide bonds. The van der Waals surface area contributed by atoms with Crippen molar-refractivity contribution in [3.63, 3.8) is 0 Å². The third-order valence-corrected chi connectivity index (χ3v) is 8.77. The molecule has 0 radical (unpaired) electrons. The zero-order chi connectivity index (χ0) is 33.4. The van der Waals surface area contributed by atoms with Crippen LogP contribution < -0.4 is 10.6 Å². The minimum absolute atomic E-state index is 0.0526. The van der Waals surface area contributed by atoms with Gasteiger partial charge in [0.05, 0.1) is 25.5 Å². The lowest BCUT2D eigenvalue weighted by atomic mass is 9.89. The van der Waals surface area contributed by atoms with Crippen LogP contribution in [0.25, 0.3) is 0 Å². The van der Waals surface area contributed by atoms with Crippen LogP contribution in [0.5, 0.6) is 0 Å². The number of hydrogen-bond donors (Lipinski definition) is 2. The van der Waals surface area contributed by atoms with E-state index in [2.05, 4.69) is 16.6 Å². The number of benzene rings is 1. The van der Waals surface area contributed by atoms with Gasteiger partial charge in [0.2, 0.25) is 0 Å². The van der Waals surface area contributed by atoms with Gasteiger partial charge in [-0.1, -0.05) is 12.1 Å². The van der Waals surface area contributed by atoms with Crippen molar-refractivity contribution in [2.45, 2.75) is 97.2 Å². The number of amides is 2. The minimum Gasteiger partial charge on any atom is -0.456 e. The number of ether oxygens (including phenoxy) is 4. The second kappa shape index (κ2) is 19.2. The van der Waals surface area contributed by atoms with Gasteiger partial charge in [-0.15, -0.1) is 12.3 Å². The van der Waals surface area contributed by atoms with E-state index in [9.17, 15) is 23.7 Å². The van der Waals surface area contributed by atoms with Crippen molar-refractivity contribution in [3.05, 3.63) is 29.8 Å². The number of hydrogen-bond acceptors (Lipinski definition) is 11. The van der Waals surface area contributed by atoms with Gasteiger partial charge >= 0.3 is 31.5 Å². The summed E-state index contributed by atoms with van der Waals surface area (Å²) >= 11 is 0. The monoisotopic (exact) mass is 652 g/mol. The van der Waals surface area contributed by atoms with Crippen LogP contribution >= 0.6 is 7.60 Å². The summed E-state index contributed by atoms with van der Waals surface area (Å²) in [6.45, 7) is 7.77. The average Bonchev–Trinajstić information content (AvgIpc) is 2.95. The number of rotatable bonds is 17. The molecule has 0 saturated carbocycles. The Kier molecular flexibility index (Phi) is 16.1.